The van der Waals surface area contributed by atoms with E-state index in [0.717, 1.165) is 0 Å². The van der Waals surface area contributed by atoms with Crippen molar-refractivity contribution in [1.29, 1.82) is 0 Å². The summed E-state index contributed by atoms with van der Waals surface area (Å²) >= 11 is 0. The Kier molecular flexibility index (Phi) is 5.31. The fourth-order valence-corrected chi connectivity index (χ4v) is 3.49. The van der Waals surface area contributed by atoms with Gasteiger partial charge in [-0.2, -0.15) is 24.1 Å². The van der Waals surface area contributed by atoms with Gasteiger partial charge >= 0.3 is 12.1 Å². The highest BCUT2D eigenvalue weighted by atomic mass is 19.4. The first-order chi connectivity index (χ1) is 13.3. The maximum absolute atomic E-state index is 13.9. The first-order valence-electron chi connectivity index (χ1n) is 8.89. The molecule has 0 spiro atoms. The molecule has 0 saturated heterocycles. The number of hydrogen-bond donors (Lipinski definition) is 1. The molecule has 1 heterocycles. The summed E-state index contributed by atoms with van der Waals surface area (Å²) in [6.45, 7) is 2.94. The molecule has 4 nitrogen and oxygen atoms in total. The molecule has 0 aromatic heterocycles. The fraction of sp³-hybridized carbons (Fsp3) is 0.200. The zero-order valence-electron chi connectivity index (χ0n) is 15.5. The Bertz CT molecular complexity index is 886. The Morgan fingerprint density at radius 2 is 1.54 bits per heavy atom. The van der Waals surface area contributed by atoms with Gasteiger partial charge in [0, 0.05) is 0 Å². The number of esters is 1. The van der Waals surface area contributed by atoms with Crippen molar-refractivity contribution in [1.82, 2.24) is 5.23 Å². The first kappa shape index (κ1) is 19.7. The molecule has 2 aromatic rings. The van der Waals surface area contributed by atoms with Crippen LogP contribution in [0.5, 0.6) is 0 Å². The minimum atomic E-state index is -4.82. The van der Waals surface area contributed by atoms with Crippen LogP contribution in [0, 0.1) is 0 Å². The average Bonchev–Trinajstić information content (AvgIpc) is 2.68. The minimum Gasteiger partial charge on any atom is -0.535 e. The normalized spacial score (nSPS) is 16.2. The average molecular weight is 387 g/mol. The molecule has 2 aromatic carbocycles. The molecule has 0 saturated carbocycles. The van der Waals surface area contributed by atoms with Gasteiger partial charge in [0.25, 0.3) is 6.42 Å². The zero-order chi connectivity index (χ0) is 20.4. The van der Waals surface area contributed by atoms with E-state index in [-0.39, 0.29) is 12.3 Å². The van der Waals surface area contributed by atoms with Crippen LogP contribution in [0.25, 0.3) is 0 Å². The number of nitrogens with one attached hydrogen (secondary N) is 1. The van der Waals surface area contributed by atoms with Crippen molar-refractivity contribution >= 4 is 29.0 Å². The number of carbonyl (C=O) groups excluding carboxylic acids is 1. The maximum Gasteiger partial charge on any atom is 0.430 e. The van der Waals surface area contributed by atoms with Crippen molar-refractivity contribution in [3.05, 3.63) is 71.9 Å². The van der Waals surface area contributed by atoms with Crippen LogP contribution >= 0.6 is 0 Å². The lowest BCUT2D eigenvalue weighted by atomic mass is 9.37. The third-order valence-corrected chi connectivity index (χ3v) is 4.67. The van der Waals surface area contributed by atoms with Crippen LogP contribution < -0.4 is 16.2 Å². The number of hydrogen-bond acceptors (Lipinski definition) is 4. The molecule has 0 bridgehead atoms. The van der Waals surface area contributed by atoms with Gasteiger partial charge in [-0.1, -0.05) is 60.7 Å². The Morgan fingerprint density at radius 3 is 1.96 bits per heavy atom. The van der Waals surface area contributed by atoms with E-state index in [4.69, 9.17) is 4.74 Å². The molecule has 1 aliphatic heterocycles. The van der Waals surface area contributed by atoms with Crippen molar-refractivity contribution in [3.8, 4) is 0 Å². The fourth-order valence-electron chi connectivity index (χ4n) is 3.49. The summed E-state index contributed by atoms with van der Waals surface area (Å²) in [4.78, 5) is 16.4. The highest BCUT2D eigenvalue weighted by Gasteiger charge is 2.45. The van der Waals surface area contributed by atoms with E-state index in [1.165, 1.54) is 13.8 Å². The van der Waals surface area contributed by atoms with Crippen molar-refractivity contribution in [2.45, 2.75) is 20.0 Å². The number of allylic oxidation sites excluding steroid dienone is 1. The van der Waals surface area contributed by atoms with Gasteiger partial charge in [0.2, 0.25) is 0 Å². The van der Waals surface area contributed by atoms with Crippen LogP contribution in [-0.2, 0) is 9.53 Å². The predicted molar refractivity (Wildman–Crippen MR) is 104 cm³/mol. The van der Waals surface area contributed by atoms with Crippen LogP contribution in [-0.4, -0.2) is 30.9 Å². The van der Waals surface area contributed by atoms with Crippen LogP contribution in [0.4, 0.5) is 13.2 Å². The first-order valence-corrected chi connectivity index (χ1v) is 8.89. The quantitative estimate of drug-likeness (QED) is 0.649. The van der Waals surface area contributed by atoms with E-state index >= 15 is 0 Å². The second-order valence-corrected chi connectivity index (χ2v) is 6.48. The molecule has 0 radical (unpaired) electrons. The molecule has 1 N–H and O–H groups in total. The molecule has 0 unspecified atom stereocenters. The number of benzene rings is 2. The zero-order valence-corrected chi connectivity index (χ0v) is 15.5. The van der Waals surface area contributed by atoms with Crippen molar-refractivity contribution in [2.24, 2.45) is 4.90 Å². The Morgan fingerprint density at radius 1 is 1.04 bits per heavy atom. The van der Waals surface area contributed by atoms with E-state index < -0.39 is 29.8 Å². The van der Waals surface area contributed by atoms with Crippen LogP contribution in [0.1, 0.15) is 13.8 Å². The summed E-state index contributed by atoms with van der Waals surface area (Å²) in [6.07, 6.45) is -7.20. The Hall–Kier alpha value is -3.03. The van der Waals surface area contributed by atoms with E-state index in [0.29, 0.717) is 10.9 Å². The van der Waals surface area contributed by atoms with Gasteiger partial charge in [-0.05, 0) is 19.5 Å². The number of nitrogens with zero attached hydrogens (tertiary/aromatic N) is 1. The number of ether oxygens (including phenoxy) is 1. The monoisotopic (exact) mass is 387 g/mol. The molecular weight excluding hydrogens is 368 g/mol. The number of carbonyl (C=O) groups is 1. The summed E-state index contributed by atoms with van der Waals surface area (Å²) in [5.41, 5.74) is -0.572. The van der Waals surface area contributed by atoms with Gasteiger partial charge < -0.3 is 14.9 Å². The van der Waals surface area contributed by atoms with Gasteiger partial charge in [-0.3, -0.25) is 0 Å². The van der Waals surface area contributed by atoms with Crippen LogP contribution in [0.2, 0.25) is 0 Å². The maximum atomic E-state index is 13.9. The highest BCUT2D eigenvalue weighted by molar-refractivity contribution is 7.00. The lowest BCUT2D eigenvalue weighted by molar-refractivity contribution is -0.138. The lowest BCUT2D eigenvalue weighted by Gasteiger charge is -2.45. The smallest absolute Gasteiger partial charge is 0.430 e. The SMILES string of the molecule is CCOC(=O)C1=C(C)N[B-](c2ccccc2)(c2ccccc2)N=C1C(F)(F)F. The van der Waals surface area contributed by atoms with Gasteiger partial charge in [0.15, 0.2) is 0 Å². The second-order valence-electron chi connectivity index (χ2n) is 6.48. The summed E-state index contributed by atoms with van der Waals surface area (Å²) in [5.74, 6) is -1.05. The summed E-state index contributed by atoms with van der Waals surface area (Å²) in [6, 6.07) is 17.4. The molecule has 8 heteroatoms. The Balaban J connectivity index is 2.29. The topological polar surface area (TPSA) is 50.7 Å². The Labute approximate surface area is 161 Å². The van der Waals surface area contributed by atoms with Gasteiger partial charge in [0.1, 0.15) is 11.3 Å². The van der Waals surface area contributed by atoms with E-state index in [1.807, 2.05) is 0 Å². The van der Waals surface area contributed by atoms with E-state index in [2.05, 4.69) is 10.1 Å². The molecule has 0 atom stereocenters. The predicted octanol–water partition coefficient (Wildman–Crippen LogP) is 2.69. The standard InChI is InChI=1S/C20H19BF3N2O2/c1-3-28-19(27)17-14(2)25-21(15-10-6-4-7-11-15,16-12-8-5-9-13-16)26-18(17)20(22,23)24/h4-13,25H,3H2,1-2H3/q-1. The summed E-state index contributed by atoms with van der Waals surface area (Å²) < 4.78 is 46.7. The van der Waals surface area contributed by atoms with Crippen molar-refractivity contribution in [2.75, 3.05) is 6.61 Å². The molecule has 0 fully saturated rings. The number of rotatable bonds is 4. The summed E-state index contributed by atoms with van der Waals surface area (Å²) in [5, 5.41) is 3.11. The third-order valence-electron chi connectivity index (χ3n) is 4.67. The summed E-state index contributed by atoms with van der Waals surface area (Å²) in [7, 11) is 0. The molecule has 28 heavy (non-hydrogen) atoms. The van der Waals surface area contributed by atoms with Gasteiger partial charge in [-0.15, -0.1) is 0 Å². The number of alkyl halides is 3. The highest BCUT2D eigenvalue weighted by Crippen LogP contribution is 2.29. The van der Waals surface area contributed by atoms with Crippen molar-refractivity contribution in [3.63, 3.8) is 0 Å². The van der Waals surface area contributed by atoms with Gasteiger partial charge in [0.05, 0.1) is 6.61 Å². The van der Waals surface area contributed by atoms with Crippen LogP contribution in [0.3, 0.4) is 0 Å². The largest absolute Gasteiger partial charge is 0.535 e. The number of halogens is 3. The van der Waals surface area contributed by atoms with E-state index in [1.54, 1.807) is 60.7 Å². The molecular formula is C20H19BF3N2O2-. The molecule has 3 rings (SSSR count). The molecule has 146 valence electrons. The van der Waals surface area contributed by atoms with Gasteiger partial charge in [-0.25, -0.2) is 4.79 Å². The minimum absolute atomic E-state index is 0.0333. The third kappa shape index (κ3) is 3.54. The van der Waals surface area contributed by atoms with Crippen LogP contribution in [0.15, 0.2) is 76.8 Å². The molecule has 0 aliphatic carbocycles. The van der Waals surface area contributed by atoms with Crippen molar-refractivity contribution < 1.29 is 22.7 Å². The molecule has 0 amide bonds. The van der Waals surface area contributed by atoms with E-state index in [9.17, 15) is 18.0 Å². The lowest BCUT2D eigenvalue weighted by Crippen LogP contribution is -2.70. The second kappa shape index (κ2) is 7.54. The molecule has 1 aliphatic rings.